The van der Waals surface area contributed by atoms with Crippen molar-refractivity contribution in [3.05, 3.63) is 49.6 Å². The molecule has 2 aromatic rings. The van der Waals surface area contributed by atoms with E-state index in [1.807, 2.05) is 10.7 Å². The number of aryl methyl sites for hydroxylation is 1. The highest BCUT2D eigenvalue weighted by molar-refractivity contribution is 9.11. The average Bonchev–Trinajstić information content (AvgIpc) is 2.82. The van der Waals surface area contributed by atoms with Crippen molar-refractivity contribution in [1.29, 1.82) is 0 Å². The van der Waals surface area contributed by atoms with Gasteiger partial charge in [-0.1, -0.05) is 56.5 Å². The van der Waals surface area contributed by atoms with Gasteiger partial charge >= 0.3 is 0 Å². The van der Waals surface area contributed by atoms with E-state index in [0.29, 0.717) is 5.02 Å². The Kier molecular flexibility index (Phi) is 6.29. The first-order chi connectivity index (χ1) is 10.1. The molecule has 1 aromatic heterocycles. The number of aromatic nitrogens is 2. The van der Waals surface area contributed by atoms with Gasteiger partial charge in [-0.25, -0.2) is 0 Å². The first-order valence-corrected chi connectivity index (χ1v) is 8.94. The number of nitrogens with zero attached hydrogens (tertiary/aromatic N) is 2. The van der Waals surface area contributed by atoms with E-state index in [1.165, 1.54) is 0 Å². The monoisotopic (exact) mass is 433 g/mol. The van der Waals surface area contributed by atoms with Crippen LogP contribution in [0.3, 0.4) is 0 Å². The third-order valence-electron chi connectivity index (χ3n) is 3.28. The van der Waals surface area contributed by atoms with Crippen molar-refractivity contribution in [2.45, 2.75) is 32.9 Å². The van der Waals surface area contributed by atoms with Crippen LogP contribution in [0.2, 0.25) is 5.02 Å². The molecule has 21 heavy (non-hydrogen) atoms. The van der Waals surface area contributed by atoms with Gasteiger partial charge in [0, 0.05) is 15.5 Å². The van der Waals surface area contributed by atoms with Crippen molar-refractivity contribution in [3.8, 4) is 0 Å². The van der Waals surface area contributed by atoms with E-state index >= 15 is 0 Å². The van der Waals surface area contributed by atoms with Crippen LogP contribution in [0.4, 0.5) is 0 Å². The molecule has 0 spiro atoms. The minimum absolute atomic E-state index is 0.0161. The second-order valence-corrected chi connectivity index (χ2v) is 6.92. The molecule has 0 amide bonds. The van der Waals surface area contributed by atoms with E-state index in [0.717, 1.165) is 39.7 Å². The highest BCUT2D eigenvalue weighted by Crippen LogP contribution is 2.34. The fourth-order valence-electron chi connectivity index (χ4n) is 2.29. The largest absolute Gasteiger partial charge is 0.305 e. The average molecular weight is 436 g/mol. The van der Waals surface area contributed by atoms with Crippen molar-refractivity contribution in [1.82, 2.24) is 15.1 Å². The van der Waals surface area contributed by atoms with Gasteiger partial charge in [-0.15, -0.1) is 0 Å². The number of hydrogen-bond acceptors (Lipinski definition) is 2. The molecule has 0 fully saturated rings. The van der Waals surface area contributed by atoms with Crippen LogP contribution in [-0.4, -0.2) is 16.3 Å². The van der Waals surface area contributed by atoms with E-state index < -0.39 is 0 Å². The van der Waals surface area contributed by atoms with Crippen LogP contribution in [0, 0.1) is 0 Å². The van der Waals surface area contributed by atoms with Crippen molar-refractivity contribution >= 4 is 43.5 Å². The van der Waals surface area contributed by atoms with Crippen molar-refractivity contribution in [2.24, 2.45) is 0 Å². The number of nitrogens with one attached hydrogen (secondary N) is 1. The van der Waals surface area contributed by atoms with Crippen molar-refractivity contribution in [2.75, 3.05) is 6.54 Å². The zero-order chi connectivity index (χ0) is 15.4. The number of benzene rings is 1. The molecule has 1 aromatic carbocycles. The second kappa shape index (κ2) is 7.77. The van der Waals surface area contributed by atoms with Crippen LogP contribution in [-0.2, 0) is 6.54 Å². The Morgan fingerprint density at radius 3 is 2.71 bits per heavy atom. The summed E-state index contributed by atoms with van der Waals surface area (Å²) in [7, 11) is 0. The van der Waals surface area contributed by atoms with Crippen LogP contribution in [0.25, 0.3) is 0 Å². The van der Waals surface area contributed by atoms with Gasteiger partial charge in [0.2, 0.25) is 0 Å². The Labute approximate surface area is 147 Å². The van der Waals surface area contributed by atoms with Crippen LogP contribution in [0.5, 0.6) is 0 Å². The summed E-state index contributed by atoms with van der Waals surface area (Å²) < 4.78 is 4.04. The van der Waals surface area contributed by atoms with Crippen molar-refractivity contribution in [3.63, 3.8) is 0 Å². The minimum atomic E-state index is 0.0161. The Hall–Kier alpha value is -0.360. The lowest BCUT2D eigenvalue weighted by Gasteiger charge is -2.22. The van der Waals surface area contributed by atoms with Crippen LogP contribution < -0.4 is 5.32 Å². The summed E-state index contributed by atoms with van der Waals surface area (Å²) >= 11 is 13.5. The summed E-state index contributed by atoms with van der Waals surface area (Å²) in [5.74, 6) is 0. The third-order valence-corrected chi connectivity index (χ3v) is 4.75. The van der Waals surface area contributed by atoms with Crippen LogP contribution in [0.1, 0.15) is 37.6 Å². The fraction of sp³-hybridized carbons (Fsp3) is 0.400. The molecule has 1 heterocycles. The lowest BCUT2D eigenvalue weighted by atomic mass is 10.0. The van der Waals surface area contributed by atoms with Gasteiger partial charge in [0.05, 0.1) is 23.0 Å². The molecule has 6 heteroatoms. The topological polar surface area (TPSA) is 29.9 Å². The van der Waals surface area contributed by atoms with Gasteiger partial charge in [-0.05, 0) is 37.6 Å². The maximum Gasteiger partial charge on any atom is 0.0837 e. The molecule has 0 bridgehead atoms. The standard InChI is InChI=1S/C15H18Br2ClN3/c1-3-7-19-14(11-6-5-10(16)8-12(11)17)15-13(18)9-20-21(15)4-2/h5-6,8-9,14,19H,3-4,7H2,1-2H3. The van der Waals surface area contributed by atoms with Gasteiger partial charge in [0.25, 0.3) is 0 Å². The number of rotatable bonds is 6. The summed E-state index contributed by atoms with van der Waals surface area (Å²) in [5.41, 5.74) is 2.17. The highest BCUT2D eigenvalue weighted by Gasteiger charge is 2.23. The molecule has 0 radical (unpaired) electrons. The maximum absolute atomic E-state index is 6.38. The van der Waals surface area contributed by atoms with E-state index in [2.05, 4.69) is 68.3 Å². The molecule has 0 aliphatic heterocycles. The smallest absolute Gasteiger partial charge is 0.0837 e. The van der Waals surface area contributed by atoms with Crippen molar-refractivity contribution < 1.29 is 0 Å². The Morgan fingerprint density at radius 2 is 2.10 bits per heavy atom. The summed E-state index contributed by atoms with van der Waals surface area (Å²) in [6.45, 7) is 5.93. The van der Waals surface area contributed by atoms with Gasteiger partial charge in [-0.3, -0.25) is 4.68 Å². The third kappa shape index (κ3) is 3.89. The number of hydrogen-bond donors (Lipinski definition) is 1. The van der Waals surface area contributed by atoms with E-state index in [9.17, 15) is 0 Å². The van der Waals surface area contributed by atoms with Gasteiger partial charge < -0.3 is 5.32 Å². The number of halogens is 3. The Balaban J connectivity index is 2.49. The zero-order valence-corrected chi connectivity index (χ0v) is 16.0. The molecule has 114 valence electrons. The van der Waals surface area contributed by atoms with Gasteiger partial charge in [0.1, 0.15) is 0 Å². The summed E-state index contributed by atoms with van der Waals surface area (Å²) in [5, 5.41) is 8.62. The predicted octanol–water partition coefficient (Wildman–Crippen LogP) is 5.17. The molecule has 1 unspecified atom stereocenters. The van der Waals surface area contributed by atoms with Gasteiger partial charge in [-0.2, -0.15) is 5.10 Å². The molecule has 3 nitrogen and oxygen atoms in total. The summed E-state index contributed by atoms with van der Waals surface area (Å²) in [4.78, 5) is 0. The normalized spacial score (nSPS) is 12.6. The van der Waals surface area contributed by atoms with E-state index in [-0.39, 0.29) is 6.04 Å². The SMILES string of the molecule is CCCNC(c1ccc(Br)cc1Br)c1c(Cl)cnn1CC. The van der Waals surface area contributed by atoms with E-state index in [4.69, 9.17) is 11.6 Å². The molecular formula is C15H18Br2ClN3. The Morgan fingerprint density at radius 1 is 1.33 bits per heavy atom. The molecule has 0 aliphatic carbocycles. The lowest BCUT2D eigenvalue weighted by molar-refractivity contribution is 0.529. The quantitative estimate of drug-likeness (QED) is 0.678. The summed E-state index contributed by atoms with van der Waals surface area (Å²) in [6, 6.07) is 6.21. The molecule has 0 saturated carbocycles. The zero-order valence-electron chi connectivity index (χ0n) is 12.0. The van der Waals surface area contributed by atoms with Gasteiger partial charge in [0.15, 0.2) is 0 Å². The Bertz CT molecular complexity index is 613. The van der Waals surface area contributed by atoms with Crippen LogP contribution in [0.15, 0.2) is 33.3 Å². The fourth-order valence-corrected chi connectivity index (χ4v) is 3.82. The summed E-state index contributed by atoms with van der Waals surface area (Å²) in [6.07, 6.45) is 2.77. The highest BCUT2D eigenvalue weighted by atomic mass is 79.9. The molecule has 1 N–H and O–H groups in total. The molecule has 0 saturated heterocycles. The van der Waals surface area contributed by atoms with E-state index in [1.54, 1.807) is 6.20 Å². The molecule has 2 rings (SSSR count). The second-order valence-electron chi connectivity index (χ2n) is 4.75. The molecule has 1 atom stereocenters. The first-order valence-electron chi connectivity index (χ1n) is 6.98. The minimum Gasteiger partial charge on any atom is -0.305 e. The molecule has 0 aliphatic rings. The predicted molar refractivity (Wildman–Crippen MR) is 94.9 cm³/mol. The first kappa shape index (κ1) is 17.0. The van der Waals surface area contributed by atoms with Crippen LogP contribution >= 0.6 is 43.5 Å². The molecular weight excluding hydrogens is 417 g/mol. The lowest BCUT2D eigenvalue weighted by Crippen LogP contribution is -2.26. The maximum atomic E-state index is 6.38.